The van der Waals surface area contributed by atoms with E-state index in [-0.39, 0.29) is 18.1 Å². The number of nitrogens with zero attached hydrogens (tertiary/aromatic N) is 1. The second kappa shape index (κ2) is 22.0. The van der Waals surface area contributed by atoms with Crippen molar-refractivity contribution in [2.45, 2.75) is 133 Å². The second-order valence-corrected chi connectivity index (χ2v) is 14.7. The quantitative estimate of drug-likeness (QED) is 0.0273. The van der Waals surface area contributed by atoms with Gasteiger partial charge in [-0.05, 0) is 28.7 Å². The third-order valence-electron chi connectivity index (χ3n) is 10.7. The Hall–Kier alpha value is -3.93. The van der Waals surface area contributed by atoms with Crippen molar-refractivity contribution >= 4 is 5.91 Å². The van der Waals surface area contributed by atoms with E-state index in [0.717, 1.165) is 41.5 Å². The van der Waals surface area contributed by atoms with E-state index in [1.807, 2.05) is 121 Å². The SMILES string of the molecule is CCCCCCCCCCCC(CC(=O)N(O)O[C@@H]1C[C@@H](O)[C@H](O)[C@@H](C(O)C(c2ccccc2)(c2ccccc2)c2ccccc2)O1)OCc1ccccc1. The van der Waals surface area contributed by atoms with E-state index in [2.05, 4.69) is 6.92 Å². The fourth-order valence-corrected chi connectivity index (χ4v) is 7.72. The normalized spacial score (nSPS) is 19.8. The Bertz CT molecular complexity index is 1550. The molecule has 1 fully saturated rings. The van der Waals surface area contributed by atoms with Gasteiger partial charge in [0.1, 0.15) is 18.3 Å². The van der Waals surface area contributed by atoms with Gasteiger partial charge in [-0.15, -0.1) is 0 Å². The van der Waals surface area contributed by atoms with Crippen LogP contribution >= 0.6 is 0 Å². The molecule has 55 heavy (non-hydrogen) atoms. The van der Waals surface area contributed by atoms with E-state index in [4.69, 9.17) is 14.3 Å². The lowest BCUT2D eigenvalue weighted by atomic mass is 9.63. The maximum atomic E-state index is 13.4. The molecule has 5 rings (SSSR count). The highest BCUT2D eigenvalue weighted by Gasteiger charge is 2.52. The topological polar surface area (TPSA) is 129 Å². The van der Waals surface area contributed by atoms with Crippen LogP contribution in [0.3, 0.4) is 0 Å². The molecule has 1 amide bonds. The molecule has 0 saturated carbocycles. The minimum atomic E-state index is -1.51. The van der Waals surface area contributed by atoms with Crippen molar-refractivity contribution in [3.8, 4) is 0 Å². The van der Waals surface area contributed by atoms with Gasteiger partial charge in [-0.1, -0.05) is 191 Å². The number of benzene rings is 4. The van der Waals surface area contributed by atoms with Gasteiger partial charge in [0, 0.05) is 6.42 Å². The van der Waals surface area contributed by atoms with Crippen LogP contribution in [-0.2, 0) is 31.1 Å². The first kappa shape index (κ1) is 42.2. The van der Waals surface area contributed by atoms with Crippen molar-refractivity contribution in [2.24, 2.45) is 0 Å². The summed E-state index contributed by atoms with van der Waals surface area (Å²) in [6.07, 6.45) is 3.20. The lowest BCUT2D eigenvalue weighted by Gasteiger charge is -2.47. The second-order valence-electron chi connectivity index (χ2n) is 14.7. The monoisotopic (exact) mass is 753 g/mol. The van der Waals surface area contributed by atoms with Crippen LogP contribution in [-0.4, -0.2) is 68.5 Å². The molecular formula is C46H59NO8. The van der Waals surface area contributed by atoms with Gasteiger partial charge in [-0.2, -0.15) is 0 Å². The molecule has 4 N–H and O–H groups in total. The largest absolute Gasteiger partial charge is 0.390 e. The Morgan fingerprint density at radius 3 is 1.73 bits per heavy atom. The molecule has 4 aromatic carbocycles. The molecular weight excluding hydrogens is 695 g/mol. The van der Waals surface area contributed by atoms with E-state index < -0.39 is 48.1 Å². The number of unbranched alkanes of at least 4 members (excludes halogenated alkanes) is 8. The van der Waals surface area contributed by atoms with E-state index in [1.165, 1.54) is 38.5 Å². The minimum Gasteiger partial charge on any atom is -0.390 e. The summed E-state index contributed by atoms with van der Waals surface area (Å²) >= 11 is 0. The fraction of sp³-hybridized carbons (Fsp3) is 0.457. The number of hydroxylamine groups is 2. The van der Waals surface area contributed by atoms with Crippen molar-refractivity contribution in [3.05, 3.63) is 144 Å². The fourth-order valence-electron chi connectivity index (χ4n) is 7.72. The number of aliphatic hydroxyl groups excluding tert-OH is 3. The summed E-state index contributed by atoms with van der Waals surface area (Å²) in [5.41, 5.74) is 1.93. The molecule has 0 bridgehead atoms. The lowest BCUT2D eigenvalue weighted by molar-refractivity contribution is -0.401. The minimum absolute atomic E-state index is 0.135. The van der Waals surface area contributed by atoms with Crippen molar-refractivity contribution in [2.75, 3.05) is 0 Å². The first-order valence-electron chi connectivity index (χ1n) is 20.0. The van der Waals surface area contributed by atoms with Gasteiger partial charge < -0.3 is 24.8 Å². The summed E-state index contributed by atoms with van der Waals surface area (Å²) in [6.45, 7) is 2.54. The molecule has 2 unspecified atom stereocenters. The summed E-state index contributed by atoms with van der Waals surface area (Å²) in [6, 6.07) is 38.1. The van der Waals surface area contributed by atoms with Crippen LogP contribution in [0.5, 0.6) is 0 Å². The third kappa shape index (κ3) is 11.6. The molecule has 0 radical (unpaired) electrons. The number of rotatable bonds is 22. The average molecular weight is 754 g/mol. The molecule has 0 aliphatic carbocycles. The predicted octanol–water partition coefficient (Wildman–Crippen LogP) is 8.26. The van der Waals surface area contributed by atoms with E-state index >= 15 is 0 Å². The highest BCUT2D eigenvalue weighted by Crippen LogP contribution is 2.45. The number of amides is 1. The molecule has 6 atom stereocenters. The third-order valence-corrected chi connectivity index (χ3v) is 10.7. The van der Waals surface area contributed by atoms with Crippen LogP contribution in [0.25, 0.3) is 0 Å². The summed E-state index contributed by atoms with van der Waals surface area (Å²) in [4.78, 5) is 19.1. The molecule has 1 saturated heterocycles. The highest BCUT2D eigenvalue weighted by molar-refractivity contribution is 5.74. The lowest BCUT2D eigenvalue weighted by Crippen LogP contribution is -2.60. The van der Waals surface area contributed by atoms with Gasteiger partial charge in [0.25, 0.3) is 5.91 Å². The average Bonchev–Trinajstić information content (AvgIpc) is 3.22. The first-order valence-corrected chi connectivity index (χ1v) is 20.0. The molecule has 1 aliphatic rings. The zero-order chi connectivity index (χ0) is 38.9. The number of ether oxygens (including phenoxy) is 2. The predicted molar refractivity (Wildman–Crippen MR) is 212 cm³/mol. The van der Waals surface area contributed by atoms with Crippen LogP contribution in [0.2, 0.25) is 0 Å². The molecule has 9 heteroatoms. The Morgan fingerprint density at radius 1 is 0.745 bits per heavy atom. The summed E-state index contributed by atoms with van der Waals surface area (Å²) < 4.78 is 12.4. The van der Waals surface area contributed by atoms with E-state index in [1.54, 1.807) is 0 Å². The number of carbonyl (C=O) groups is 1. The standard InChI is InChI=1S/C46H59NO8/c1-2-3-4-5-6-7-8-9-22-31-39(53-34-35-23-14-10-15-24-35)32-41(49)47(52)55-42-33-40(48)43(50)44(54-42)45(51)46(36-25-16-11-17-26-36,37-27-18-12-19-28-37)38-29-20-13-21-30-38/h10-21,23-30,39-40,42-45,48,50-52H,2-9,22,31-34H2,1H3/t39?,40-,42-,43+,44+,45?/m1/s1. The molecule has 9 nitrogen and oxygen atoms in total. The van der Waals surface area contributed by atoms with Crippen LogP contribution in [0, 0.1) is 0 Å². The Kier molecular flexibility index (Phi) is 16.9. The van der Waals surface area contributed by atoms with Crippen molar-refractivity contribution in [1.82, 2.24) is 5.23 Å². The smallest absolute Gasteiger partial charge is 0.276 e. The van der Waals surface area contributed by atoms with E-state index in [9.17, 15) is 25.3 Å². The number of carbonyl (C=O) groups excluding carboxylic acids is 1. The Balaban J connectivity index is 1.28. The van der Waals surface area contributed by atoms with Gasteiger partial charge in [-0.25, -0.2) is 4.84 Å². The zero-order valence-corrected chi connectivity index (χ0v) is 32.1. The Labute approximate surface area is 326 Å². The molecule has 4 aromatic rings. The van der Waals surface area contributed by atoms with E-state index in [0.29, 0.717) is 13.0 Å². The van der Waals surface area contributed by atoms with Gasteiger partial charge in [0.15, 0.2) is 6.29 Å². The zero-order valence-electron chi connectivity index (χ0n) is 32.1. The van der Waals surface area contributed by atoms with Gasteiger partial charge >= 0.3 is 0 Å². The van der Waals surface area contributed by atoms with Crippen molar-refractivity contribution < 1.29 is 39.6 Å². The van der Waals surface area contributed by atoms with Crippen LogP contribution in [0.15, 0.2) is 121 Å². The number of hydrogen-bond acceptors (Lipinski definition) is 8. The molecule has 296 valence electrons. The Morgan fingerprint density at radius 2 is 1.22 bits per heavy atom. The maximum Gasteiger partial charge on any atom is 0.276 e. The van der Waals surface area contributed by atoms with Gasteiger partial charge in [0.2, 0.25) is 0 Å². The summed E-state index contributed by atoms with van der Waals surface area (Å²) in [5.74, 6) is -0.734. The van der Waals surface area contributed by atoms with Gasteiger partial charge in [-0.3, -0.25) is 10.0 Å². The highest BCUT2D eigenvalue weighted by atomic mass is 16.9. The number of hydrogen-bond donors (Lipinski definition) is 4. The number of aliphatic hydroxyl groups is 3. The van der Waals surface area contributed by atoms with Gasteiger partial charge in [0.05, 0.1) is 30.7 Å². The van der Waals surface area contributed by atoms with Crippen molar-refractivity contribution in [1.29, 1.82) is 0 Å². The van der Waals surface area contributed by atoms with Crippen LogP contribution in [0.4, 0.5) is 0 Å². The van der Waals surface area contributed by atoms with Crippen molar-refractivity contribution in [3.63, 3.8) is 0 Å². The molecule has 0 aromatic heterocycles. The van der Waals surface area contributed by atoms with Crippen LogP contribution in [0.1, 0.15) is 106 Å². The molecule has 1 heterocycles. The molecule has 1 aliphatic heterocycles. The molecule has 0 spiro atoms. The first-order chi connectivity index (χ1) is 26.8. The maximum absolute atomic E-state index is 13.4. The summed E-state index contributed by atoms with van der Waals surface area (Å²) in [5, 5.41) is 46.1. The van der Waals surface area contributed by atoms with Crippen LogP contribution < -0.4 is 0 Å². The summed E-state index contributed by atoms with van der Waals surface area (Å²) in [7, 11) is 0.